The molecule has 2 heterocycles. The third-order valence-corrected chi connectivity index (χ3v) is 7.67. The van der Waals surface area contributed by atoms with E-state index in [1.165, 1.54) is 7.11 Å². The zero-order valence-corrected chi connectivity index (χ0v) is 24.1. The molecule has 1 aliphatic heterocycles. The summed E-state index contributed by atoms with van der Waals surface area (Å²) < 4.78 is 10.8. The molecule has 2 amide bonds. The van der Waals surface area contributed by atoms with Crippen molar-refractivity contribution in [3.8, 4) is 5.75 Å². The number of hydrogen-bond acceptors (Lipinski definition) is 8. The first kappa shape index (κ1) is 30.5. The number of thioether (sulfide) groups is 1. The van der Waals surface area contributed by atoms with E-state index in [2.05, 4.69) is 40.5 Å². The van der Waals surface area contributed by atoms with Gasteiger partial charge in [-0.2, -0.15) is 11.8 Å². The van der Waals surface area contributed by atoms with Crippen LogP contribution >= 0.6 is 11.8 Å². The Bertz CT molecular complexity index is 1080. The number of fused-ring (bicyclic) bond motifs is 1. The van der Waals surface area contributed by atoms with Crippen molar-refractivity contribution in [1.29, 1.82) is 0 Å². The normalized spacial score (nSPS) is 14.7. The standard InChI is InChI=1S/C28H41N5O5S/c1-5-19(2)24(32-25(34)13-22-14-29-18-30-22)16-33(15-21-8-6-7-20-9-11-38-27(20)21)17-26(35)31-23(10-12-39-4)28(36)37-3/h6-8,14,18-19,23-24H,5,9-13,15-17H2,1-4H3,(H,29,30)(H,31,35)(H,32,34)/t19-,23-,24+/m0/s1. The van der Waals surface area contributed by atoms with E-state index >= 15 is 0 Å². The Hall–Kier alpha value is -3.05. The number of nitrogens with zero attached hydrogens (tertiary/aromatic N) is 2. The number of imidazole rings is 1. The minimum atomic E-state index is -0.708. The summed E-state index contributed by atoms with van der Waals surface area (Å²) >= 11 is 1.60. The number of methoxy groups -OCH3 is 1. The topological polar surface area (TPSA) is 126 Å². The molecule has 3 N–H and O–H groups in total. The van der Waals surface area contributed by atoms with Gasteiger partial charge >= 0.3 is 5.97 Å². The van der Waals surface area contributed by atoms with Gasteiger partial charge in [0, 0.05) is 43.0 Å². The summed E-state index contributed by atoms with van der Waals surface area (Å²) in [5, 5.41) is 6.04. The lowest BCUT2D eigenvalue weighted by molar-refractivity contribution is -0.145. The maximum atomic E-state index is 13.2. The Morgan fingerprint density at radius 2 is 2.08 bits per heavy atom. The summed E-state index contributed by atoms with van der Waals surface area (Å²) in [6.45, 7) is 5.79. The van der Waals surface area contributed by atoms with Gasteiger partial charge in [-0.3, -0.25) is 14.5 Å². The van der Waals surface area contributed by atoms with Gasteiger partial charge in [0.1, 0.15) is 11.8 Å². The van der Waals surface area contributed by atoms with Crippen LogP contribution < -0.4 is 15.4 Å². The summed E-state index contributed by atoms with van der Waals surface area (Å²) in [4.78, 5) is 47.4. The van der Waals surface area contributed by atoms with Gasteiger partial charge in [0.05, 0.1) is 33.0 Å². The molecule has 0 spiro atoms. The third kappa shape index (κ3) is 9.28. The highest BCUT2D eigenvalue weighted by molar-refractivity contribution is 7.98. The van der Waals surface area contributed by atoms with E-state index in [9.17, 15) is 14.4 Å². The number of amides is 2. The number of ether oxygens (including phenoxy) is 2. The van der Waals surface area contributed by atoms with Crippen LogP contribution in [0.1, 0.15) is 43.5 Å². The minimum absolute atomic E-state index is 0.0553. The number of carbonyl (C=O) groups excluding carboxylic acids is 3. The van der Waals surface area contributed by atoms with Crippen LogP contribution in [-0.2, 0) is 38.5 Å². The van der Waals surface area contributed by atoms with Gasteiger partial charge in [-0.05, 0) is 29.9 Å². The van der Waals surface area contributed by atoms with Crippen LogP contribution in [0.3, 0.4) is 0 Å². The molecule has 39 heavy (non-hydrogen) atoms. The second kappa shape index (κ2) is 15.5. The first-order valence-electron chi connectivity index (χ1n) is 13.4. The van der Waals surface area contributed by atoms with Crippen LogP contribution in [0.5, 0.6) is 5.75 Å². The highest BCUT2D eigenvalue weighted by atomic mass is 32.2. The van der Waals surface area contributed by atoms with Crippen LogP contribution in [0.25, 0.3) is 0 Å². The number of benzene rings is 1. The third-order valence-electron chi connectivity index (χ3n) is 7.03. The summed E-state index contributed by atoms with van der Waals surface area (Å²) in [6.07, 6.45) is 7.54. The predicted octanol–water partition coefficient (Wildman–Crippen LogP) is 2.33. The van der Waals surface area contributed by atoms with Gasteiger partial charge in [0.25, 0.3) is 0 Å². The van der Waals surface area contributed by atoms with E-state index in [0.717, 1.165) is 41.2 Å². The molecule has 214 valence electrons. The summed E-state index contributed by atoms with van der Waals surface area (Å²) in [5.41, 5.74) is 2.89. The molecule has 0 aliphatic carbocycles. The van der Waals surface area contributed by atoms with E-state index in [4.69, 9.17) is 9.47 Å². The molecule has 3 atom stereocenters. The van der Waals surface area contributed by atoms with Crippen molar-refractivity contribution in [3.63, 3.8) is 0 Å². The number of aromatic amines is 1. The van der Waals surface area contributed by atoms with Gasteiger partial charge in [-0.25, -0.2) is 9.78 Å². The quantitative estimate of drug-likeness (QED) is 0.268. The Balaban J connectivity index is 1.78. The second-order valence-electron chi connectivity index (χ2n) is 9.91. The Morgan fingerprint density at radius 3 is 2.77 bits per heavy atom. The minimum Gasteiger partial charge on any atom is -0.493 e. The van der Waals surface area contributed by atoms with Crippen LogP contribution in [0.2, 0.25) is 0 Å². The molecule has 10 nitrogen and oxygen atoms in total. The molecule has 0 unspecified atom stereocenters. The molecule has 3 rings (SSSR count). The van der Waals surface area contributed by atoms with Crippen molar-refractivity contribution in [3.05, 3.63) is 47.5 Å². The van der Waals surface area contributed by atoms with E-state index in [1.54, 1.807) is 24.3 Å². The van der Waals surface area contributed by atoms with Gasteiger partial charge in [-0.15, -0.1) is 0 Å². The van der Waals surface area contributed by atoms with Gasteiger partial charge < -0.3 is 25.1 Å². The maximum absolute atomic E-state index is 13.2. The highest BCUT2D eigenvalue weighted by Crippen LogP contribution is 2.30. The fraction of sp³-hybridized carbons (Fsp3) is 0.571. The van der Waals surface area contributed by atoms with Crippen molar-refractivity contribution in [1.82, 2.24) is 25.5 Å². The molecule has 2 aromatic rings. The number of esters is 1. The lowest BCUT2D eigenvalue weighted by Crippen LogP contribution is -2.51. The van der Waals surface area contributed by atoms with E-state index in [0.29, 0.717) is 26.1 Å². The fourth-order valence-electron chi connectivity index (χ4n) is 4.65. The number of aromatic nitrogens is 2. The lowest BCUT2D eigenvalue weighted by Gasteiger charge is -2.31. The smallest absolute Gasteiger partial charge is 0.328 e. The predicted molar refractivity (Wildman–Crippen MR) is 152 cm³/mol. The number of H-pyrrole nitrogens is 1. The van der Waals surface area contributed by atoms with Crippen molar-refractivity contribution in [2.75, 3.05) is 38.8 Å². The molecule has 1 aromatic carbocycles. The monoisotopic (exact) mass is 559 g/mol. The molecular formula is C28H41N5O5S. The van der Waals surface area contributed by atoms with Gasteiger partial charge in [0.2, 0.25) is 11.8 Å². The van der Waals surface area contributed by atoms with Crippen molar-refractivity contribution in [2.24, 2.45) is 5.92 Å². The zero-order chi connectivity index (χ0) is 28.2. The van der Waals surface area contributed by atoms with Gasteiger partial charge in [0.15, 0.2) is 0 Å². The summed E-state index contributed by atoms with van der Waals surface area (Å²) in [7, 11) is 1.32. The highest BCUT2D eigenvalue weighted by Gasteiger charge is 2.27. The van der Waals surface area contributed by atoms with Crippen LogP contribution in [0, 0.1) is 5.92 Å². The average molecular weight is 560 g/mol. The molecule has 0 saturated carbocycles. The average Bonchev–Trinajstić information content (AvgIpc) is 3.62. The maximum Gasteiger partial charge on any atom is 0.328 e. The van der Waals surface area contributed by atoms with Crippen LogP contribution in [0.15, 0.2) is 30.7 Å². The second-order valence-corrected chi connectivity index (χ2v) is 10.9. The van der Waals surface area contributed by atoms with Crippen LogP contribution in [0.4, 0.5) is 0 Å². The Labute approximate surface area is 235 Å². The number of para-hydroxylation sites is 1. The Kier molecular flexibility index (Phi) is 12.1. The molecule has 0 fully saturated rings. The first-order valence-corrected chi connectivity index (χ1v) is 14.8. The molecule has 0 radical (unpaired) electrons. The molecule has 11 heteroatoms. The summed E-state index contributed by atoms with van der Waals surface area (Å²) in [5.74, 6) is 0.923. The number of hydrogen-bond donors (Lipinski definition) is 3. The Morgan fingerprint density at radius 1 is 1.26 bits per heavy atom. The number of rotatable bonds is 16. The number of nitrogens with one attached hydrogen (secondary N) is 3. The molecule has 0 saturated heterocycles. The molecular weight excluding hydrogens is 518 g/mol. The molecule has 1 aliphatic rings. The molecule has 0 bridgehead atoms. The van der Waals surface area contributed by atoms with E-state index in [1.807, 2.05) is 23.3 Å². The van der Waals surface area contributed by atoms with E-state index < -0.39 is 12.0 Å². The summed E-state index contributed by atoms with van der Waals surface area (Å²) in [6, 6.07) is 5.19. The van der Waals surface area contributed by atoms with Crippen molar-refractivity contribution < 1.29 is 23.9 Å². The zero-order valence-electron chi connectivity index (χ0n) is 23.3. The van der Waals surface area contributed by atoms with Crippen molar-refractivity contribution in [2.45, 2.75) is 58.2 Å². The van der Waals surface area contributed by atoms with E-state index in [-0.39, 0.29) is 36.7 Å². The van der Waals surface area contributed by atoms with Crippen LogP contribution in [-0.4, -0.2) is 83.6 Å². The van der Waals surface area contributed by atoms with Gasteiger partial charge in [-0.1, -0.05) is 38.5 Å². The SMILES string of the molecule is CC[C@H](C)[C@@H](CN(CC(=O)N[C@@H](CCSC)C(=O)OC)Cc1cccc2c1OCC2)NC(=O)Cc1cnc[nH]1. The molecule has 1 aromatic heterocycles. The lowest BCUT2D eigenvalue weighted by atomic mass is 9.97. The first-order chi connectivity index (χ1) is 18.8. The van der Waals surface area contributed by atoms with Crippen molar-refractivity contribution >= 4 is 29.5 Å². The number of carbonyl (C=O) groups is 3. The fourth-order valence-corrected chi connectivity index (χ4v) is 5.12. The largest absolute Gasteiger partial charge is 0.493 e.